The largest absolute Gasteiger partial charge is 0.423 e. The molecule has 0 radical (unpaired) electrons. The summed E-state index contributed by atoms with van der Waals surface area (Å²) in [6, 6.07) is 32.1. The summed E-state index contributed by atoms with van der Waals surface area (Å²) in [5.74, 6) is -0.466. The molecule has 0 unspecified atom stereocenters. The lowest BCUT2D eigenvalue weighted by molar-refractivity contribution is -0.128. The van der Waals surface area contributed by atoms with Gasteiger partial charge in [-0.15, -0.1) is 0 Å². The summed E-state index contributed by atoms with van der Waals surface area (Å²) in [5, 5.41) is 13.6. The van der Waals surface area contributed by atoms with Gasteiger partial charge in [0.1, 0.15) is 11.6 Å². The Morgan fingerprint density at radius 1 is 0.838 bits per heavy atom. The zero-order valence-electron chi connectivity index (χ0n) is 19.6. The van der Waals surface area contributed by atoms with Crippen molar-refractivity contribution in [1.29, 1.82) is 5.26 Å². The molecule has 0 aliphatic heterocycles. The third-order valence-electron chi connectivity index (χ3n) is 5.70. The molecule has 0 fully saturated rings. The second-order valence-electron chi connectivity index (χ2n) is 8.19. The van der Waals surface area contributed by atoms with Crippen LogP contribution in [0, 0.1) is 17.1 Å². The molecule has 5 aromatic rings. The summed E-state index contributed by atoms with van der Waals surface area (Å²) in [5.41, 5.74) is 5.37. The normalized spacial score (nSPS) is 10.8. The van der Waals surface area contributed by atoms with Gasteiger partial charge in [0, 0.05) is 23.4 Å². The van der Waals surface area contributed by atoms with E-state index in [2.05, 4.69) is 11.2 Å². The highest BCUT2D eigenvalue weighted by Crippen LogP contribution is 2.26. The molecule has 1 heterocycles. The Morgan fingerprint density at radius 2 is 1.46 bits per heavy atom. The van der Waals surface area contributed by atoms with E-state index in [0.717, 1.165) is 22.4 Å². The van der Waals surface area contributed by atoms with Crippen LogP contribution in [-0.4, -0.2) is 15.7 Å². The van der Waals surface area contributed by atoms with Crippen LogP contribution in [0.4, 0.5) is 4.39 Å². The third kappa shape index (κ3) is 5.53. The fourth-order valence-electron chi connectivity index (χ4n) is 3.81. The fourth-order valence-corrected chi connectivity index (χ4v) is 3.81. The molecular weight excluding hydrogens is 465 g/mol. The van der Waals surface area contributed by atoms with Crippen LogP contribution in [0.1, 0.15) is 11.1 Å². The van der Waals surface area contributed by atoms with E-state index < -0.39 is 5.97 Å². The number of rotatable bonds is 6. The van der Waals surface area contributed by atoms with Crippen molar-refractivity contribution in [3.63, 3.8) is 0 Å². The number of aromatic nitrogens is 2. The van der Waals surface area contributed by atoms with E-state index in [1.54, 1.807) is 47.2 Å². The summed E-state index contributed by atoms with van der Waals surface area (Å²) in [6.45, 7) is 0. The molecule has 178 valence electrons. The van der Waals surface area contributed by atoms with Crippen LogP contribution in [0.5, 0.6) is 5.75 Å². The van der Waals surface area contributed by atoms with Crippen molar-refractivity contribution in [2.24, 2.45) is 0 Å². The first kappa shape index (κ1) is 23.5. The summed E-state index contributed by atoms with van der Waals surface area (Å²) in [6.07, 6.45) is 4.79. The number of hydrogen-bond donors (Lipinski definition) is 0. The topological polar surface area (TPSA) is 67.9 Å². The number of esters is 1. The van der Waals surface area contributed by atoms with Gasteiger partial charge in [-0.3, -0.25) is 0 Å². The van der Waals surface area contributed by atoms with Gasteiger partial charge in [0.25, 0.3) is 0 Å². The van der Waals surface area contributed by atoms with Crippen molar-refractivity contribution in [2.75, 3.05) is 0 Å². The lowest BCUT2D eigenvalue weighted by Gasteiger charge is -2.05. The average Bonchev–Trinajstić information content (AvgIpc) is 3.38. The van der Waals surface area contributed by atoms with Gasteiger partial charge < -0.3 is 4.74 Å². The van der Waals surface area contributed by atoms with E-state index >= 15 is 0 Å². The minimum absolute atomic E-state index is 0.336. The van der Waals surface area contributed by atoms with E-state index in [1.807, 2.05) is 60.8 Å². The van der Waals surface area contributed by atoms with Gasteiger partial charge in [-0.05, 0) is 77.9 Å². The predicted molar refractivity (Wildman–Crippen MR) is 140 cm³/mol. The van der Waals surface area contributed by atoms with Crippen molar-refractivity contribution in [1.82, 2.24) is 9.78 Å². The van der Waals surface area contributed by atoms with Crippen molar-refractivity contribution in [3.05, 3.63) is 132 Å². The Morgan fingerprint density at radius 3 is 2.11 bits per heavy atom. The number of hydrogen-bond acceptors (Lipinski definition) is 4. The number of nitriles is 1. The highest BCUT2D eigenvalue weighted by atomic mass is 19.1. The Kier molecular flexibility index (Phi) is 6.69. The van der Waals surface area contributed by atoms with Crippen LogP contribution >= 0.6 is 0 Å². The number of nitrogens with zero attached hydrogens (tertiary/aromatic N) is 3. The van der Waals surface area contributed by atoms with Crippen molar-refractivity contribution < 1.29 is 13.9 Å². The Bertz CT molecular complexity index is 1600. The number of benzene rings is 4. The maximum Gasteiger partial charge on any atom is 0.336 e. The van der Waals surface area contributed by atoms with Gasteiger partial charge in [0.15, 0.2) is 0 Å². The van der Waals surface area contributed by atoms with E-state index in [9.17, 15) is 9.18 Å². The number of ether oxygens (including phenoxy) is 1. The Hall–Kier alpha value is -5.28. The molecule has 5 rings (SSSR count). The average molecular weight is 486 g/mol. The predicted octanol–water partition coefficient (Wildman–Crippen LogP) is 6.84. The smallest absolute Gasteiger partial charge is 0.336 e. The summed E-state index contributed by atoms with van der Waals surface area (Å²) in [4.78, 5) is 12.6. The quantitative estimate of drug-likeness (QED) is 0.150. The highest BCUT2D eigenvalue weighted by molar-refractivity contribution is 5.90. The van der Waals surface area contributed by atoms with Crippen LogP contribution < -0.4 is 4.74 Å². The molecule has 0 N–H and O–H groups in total. The molecule has 0 aliphatic carbocycles. The van der Waals surface area contributed by atoms with Crippen LogP contribution in [0.15, 0.2) is 115 Å². The van der Waals surface area contributed by atoms with Crippen LogP contribution in [0.2, 0.25) is 0 Å². The number of halogens is 1. The lowest BCUT2D eigenvalue weighted by atomic mass is 10.0. The zero-order valence-corrected chi connectivity index (χ0v) is 19.6. The first-order valence-electron chi connectivity index (χ1n) is 11.5. The standard InChI is InChI=1S/C31H20FN3O2/c32-27-15-10-25(11-16-27)31-26(21-35(34-31)28-4-2-1-3-5-28)14-19-30(36)37-29-17-12-24(13-18-29)23-8-6-22(20-33)7-9-23/h1-19,21H. The molecule has 4 aromatic carbocycles. The van der Waals surface area contributed by atoms with E-state index in [4.69, 9.17) is 10.00 Å². The van der Waals surface area contributed by atoms with E-state index in [0.29, 0.717) is 22.6 Å². The summed E-state index contributed by atoms with van der Waals surface area (Å²) in [7, 11) is 0. The second-order valence-corrected chi connectivity index (χ2v) is 8.19. The molecule has 0 aliphatic rings. The maximum atomic E-state index is 13.5. The van der Waals surface area contributed by atoms with Crippen molar-refractivity contribution >= 4 is 12.0 Å². The molecule has 0 saturated carbocycles. The Balaban J connectivity index is 1.34. The first-order valence-corrected chi connectivity index (χ1v) is 11.5. The highest BCUT2D eigenvalue weighted by Gasteiger charge is 2.12. The molecule has 6 heteroatoms. The van der Waals surface area contributed by atoms with Crippen LogP contribution in [0.3, 0.4) is 0 Å². The maximum absolute atomic E-state index is 13.5. The van der Waals surface area contributed by atoms with Gasteiger partial charge in [-0.25, -0.2) is 13.9 Å². The van der Waals surface area contributed by atoms with Gasteiger partial charge in [0.2, 0.25) is 0 Å². The molecule has 0 amide bonds. The van der Waals surface area contributed by atoms with E-state index in [-0.39, 0.29) is 5.82 Å². The Labute approximate surface area is 213 Å². The number of carbonyl (C=O) groups is 1. The third-order valence-corrected chi connectivity index (χ3v) is 5.70. The number of carbonyl (C=O) groups excluding carboxylic acids is 1. The molecule has 5 nitrogen and oxygen atoms in total. The molecule has 0 atom stereocenters. The van der Waals surface area contributed by atoms with Crippen molar-refractivity contribution in [2.45, 2.75) is 0 Å². The molecular formula is C31H20FN3O2. The zero-order chi connectivity index (χ0) is 25.6. The molecule has 1 aromatic heterocycles. The van der Waals surface area contributed by atoms with Gasteiger partial charge in [0.05, 0.1) is 23.0 Å². The number of para-hydroxylation sites is 1. The minimum atomic E-state index is -0.538. The van der Waals surface area contributed by atoms with Crippen LogP contribution in [0.25, 0.3) is 34.1 Å². The second kappa shape index (κ2) is 10.5. The molecule has 0 spiro atoms. The first-order chi connectivity index (χ1) is 18.1. The fraction of sp³-hybridized carbons (Fsp3) is 0. The molecule has 0 saturated heterocycles. The minimum Gasteiger partial charge on any atom is -0.423 e. The molecule has 37 heavy (non-hydrogen) atoms. The van der Waals surface area contributed by atoms with Gasteiger partial charge in [-0.1, -0.05) is 42.5 Å². The van der Waals surface area contributed by atoms with Gasteiger partial charge >= 0.3 is 5.97 Å². The SMILES string of the molecule is N#Cc1ccc(-c2ccc(OC(=O)C=Cc3cn(-c4ccccc4)nc3-c3ccc(F)cc3)cc2)cc1. The lowest BCUT2D eigenvalue weighted by Crippen LogP contribution is -2.03. The molecule has 0 bridgehead atoms. The van der Waals surface area contributed by atoms with E-state index in [1.165, 1.54) is 18.2 Å². The van der Waals surface area contributed by atoms with Gasteiger partial charge in [-0.2, -0.15) is 10.4 Å². The summed E-state index contributed by atoms with van der Waals surface area (Å²) < 4.78 is 20.7. The van der Waals surface area contributed by atoms with Crippen molar-refractivity contribution in [3.8, 4) is 39.9 Å². The summed E-state index contributed by atoms with van der Waals surface area (Å²) >= 11 is 0. The monoisotopic (exact) mass is 485 g/mol. The van der Waals surface area contributed by atoms with Crippen LogP contribution in [-0.2, 0) is 4.79 Å².